The minimum atomic E-state index is 0.474. The first-order chi connectivity index (χ1) is 8.81. The summed E-state index contributed by atoms with van der Waals surface area (Å²) in [6.07, 6.45) is 7.64. The monoisotopic (exact) mass is 247 g/mol. The summed E-state index contributed by atoms with van der Waals surface area (Å²) in [6, 6.07) is 2.47. The lowest BCUT2D eigenvalue weighted by Gasteiger charge is -2.31. The third kappa shape index (κ3) is 2.31. The Morgan fingerprint density at radius 2 is 2.11 bits per heavy atom. The van der Waals surface area contributed by atoms with Crippen LogP contribution in [0.3, 0.4) is 0 Å². The van der Waals surface area contributed by atoms with Crippen LogP contribution in [0, 0.1) is 0 Å². The van der Waals surface area contributed by atoms with Gasteiger partial charge in [0, 0.05) is 31.5 Å². The van der Waals surface area contributed by atoms with E-state index in [4.69, 9.17) is 5.73 Å². The zero-order chi connectivity index (χ0) is 13.0. The van der Waals surface area contributed by atoms with E-state index in [9.17, 15) is 0 Å². The van der Waals surface area contributed by atoms with Crippen LogP contribution in [0.5, 0.6) is 0 Å². The van der Waals surface area contributed by atoms with Gasteiger partial charge in [-0.2, -0.15) is 5.10 Å². The van der Waals surface area contributed by atoms with E-state index in [0.29, 0.717) is 12.6 Å². The van der Waals surface area contributed by atoms with Crippen molar-refractivity contribution in [3.63, 3.8) is 0 Å². The van der Waals surface area contributed by atoms with Crippen molar-refractivity contribution in [2.45, 2.75) is 32.7 Å². The molecule has 18 heavy (non-hydrogen) atoms. The normalized spacial score (nSPS) is 11.3. The first kappa shape index (κ1) is 12.8. The molecule has 0 aliphatic carbocycles. The van der Waals surface area contributed by atoms with Crippen molar-refractivity contribution in [2.24, 2.45) is 5.73 Å². The van der Waals surface area contributed by atoms with Crippen molar-refractivity contribution in [3.05, 3.63) is 24.7 Å². The molecule has 2 aromatic rings. The second-order valence-corrected chi connectivity index (χ2v) is 4.36. The van der Waals surface area contributed by atoms with Crippen molar-refractivity contribution in [1.29, 1.82) is 0 Å². The van der Waals surface area contributed by atoms with Crippen molar-refractivity contribution >= 4 is 11.3 Å². The molecule has 0 spiro atoms. The molecule has 0 saturated carbocycles. The number of hydrogen-bond acceptors (Lipinski definition) is 4. The summed E-state index contributed by atoms with van der Waals surface area (Å²) in [6.45, 7) is 5.86. The Morgan fingerprint density at radius 3 is 2.78 bits per heavy atom. The Kier molecular flexibility index (Phi) is 4.15. The molecule has 2 heterocycles. The van der Waals surface area contributed by atoms with E-state index in [1.54, 1.807) is 12.4 Å². The molecule has 98 valence electrons. The third-order valence-electron chi connectivity index (χ3n) is 3.33. The van der Waals surface area contributed by atoms with E-state index in [-0.39, 0.29) is 0 Å². The number of aromatic nitrogens is 3. The largest absolute Gasteiger partial charge is 0.351 e. The van der Waals surface area contributed by atoms with Crippen LogP contribution in [-0.4, -0.2) is 33.7 Å². The first-order valence-electron chi connectivity index (χ1n) is 6.56. The van der Waals surface area contributed by atoms with E-state index in [2.05, 4.69) is 28.8 Å². The SMILES string of the molecule is CCC(CC)N(CCN)c1nccn2nccc12. The lowest BCUT2D eigenvalue weighted by atomic mass is 10.1. The molecule has 0 aliphatic rings. The summed E-state index contributed by atoms with van der Waals surface area (Å²) in [5.74, 6) is 0.981. The van der Waals surface area contributed by atoms with Crippen molar-refractivity contribution in [2.75, 3.05) is 18.0 Å². The van der Waals surface area contributed by atoms with Gasteiger partial charge in [-0.15, -0.1) is 0 Å². The number of nitrogens with zero attached hydrogens (tertiary/aromatic N) is 4. The Balaban J connectivity index is 2.43. The van der Waals surface area contributed by atoms with Crippen LogP contribution in [0.2, 0.25) is 0 Å². The highest BCUT2D eigenvalue weighted by Crippen LogP contribution is 2.22. The Hall–Kier alpha value is -1.62. The summed E-state index contributed by atoms with van der Waals surface area (Å²) in [5.41, 5.74) is 6.78. The lowest BCUT2D eigenvalue weighted by molar-refractivity contribution is 0.554. The predicted octanol–water partition coefficient (Wildman–Crippen LogP) is 1.68. The standard InChI is InChI=1S/C13H21N5/c1-3-11(4-2)17(9-6-14)13-12-5-7-16-18(12)10-8-15-13/h5,7-8,10-11H,3-4,6,9,14H2,1-2H3. The molecule has 5 heteroatoms. The fourth-order valence-corrected chi connectivity index (χ4v) is 2.39. The topological polar surface area (TPSA) is 59.5 Å². The summed E-state index contributed by atoms with van der Waals surface area (Å²) in [5, 5.41) is 4.25. The highest BCUT2D eigenvalue weighted by molar-refractivity contribution is 5.68. The second kappa shape index (κ2) is 5.82. The number of hydrogen-bond donors (Lipinski definition) is 1. The molecule has 2 N–H and O–H groups in total. The number of rotatable bonds is 6. The van der Waals surface area contributed by atoms with Crippen molar-refractivity contribution < 1.29 is 0 Å². The summed E-state index contributed by atoms with van der Waals surface area (Å²) < 4.78 is 1.86. The highest BCUT2D eigenvalue weighted by atomic mass is 15.3. The van der Waals surface area contributed by atoms with Gasteiger partial charge in [-0.25, -0.2) is 9.50 Å². The zero-order valence-electron chi connectivity index (χ0n) is 11.1. The average Bonchev–Trinajstić information content (AvgIpc) is 2.87. The van der Waals surface area contributed by atoms with E-state index in [1.807, 2.05) is 16.8 Å². The van der Waals surface area contributed by atoms with Gasteiger partial charge in [0.15, 0.2) is 5.82 Å². The minimum absolute atomic E-state index is 0.474. The van der Waals surface area contributed by atoms with Gasteiger partial charge in [-0.1, -0.05) is 13.8 Å². The van der Waals surface area contributed by atoms with Gasteiger partial charge in [0.25, 0.3) is 0 Å². The molecular formula is C13H21N5. The molecule has 2 aromatic heterocycles. The van der Waals surface area contributed by atoms with E-state index >= 15 is 0 Å². The van der Waals surface area contributed by atoms with E-state index < -0.39 is 0 Å². The maximum Gasteiger partial charge on any atom is 0.154 e. The molecule has 2 rings (SSSR count). The molecule has 0 radical (unpaired) electrons. The zero-order valence-corrected chi connectivity index (χ0v) is 11.1. The first-order valence-corrected chi connectivity index (χ1v) is 6.56. The Labute approximate surface area is 108 Å². The lowest BCUT2D eigenvalue weighted by Crippen LogP contribution is -2.39. The Morgan fingerprint density at radius 1 is 1.33 bits per heavy atom. The van der Waals surface area contributed by atoms with Crippen LogP contribution in [0.1, 0.15) is 26.7 Å². The van der Waals surface area contributed by atoms with Gasteiger partial charge in [0.05, 0.1) is 6.20 Å². The number of nitrogens with two attached hydrogens (primary N) is 1. The van der Waals surface area contributed by atoms with Crippen LogP contribution in [0.25, 0.3) is 5.52 Å². The summed E-state index contributed by atoms with van der Waals surface area (Å²) in [7, 11) is 0. The molecule has 0 saturated heterocycles. The molecule has 0 bridgehead atoms. The fraction of sp³-hybridized carbons (Fsp3) is 0.538. The van der Waals surface area contributed by atoms with Crippen LogP contribution < -0.4 is 10.6 Å². The molecule has 0 aromatic carbocycles. The van der Waals surface area contributed by atoms with Gasteiger partial charge in [-0.3, -0.25) is 0 Å². The molecule has 0 atom stereocenters. The smallest absolute Gasteiger partial charge is 0.154 e. The van der Waals surface area contributed by atoms with Gasteiger partial charge in [0.1, 0.15) is 5.52 Å². The maximum absolute atomic E-state index is 5.74. The maximum atomic E-state index is 5.74. The minimum Gasteiger partial charge on any atom is -0.351 e. The van der Waals surface area contributed by atoms with Crippen molar-refractivity contribution in [3.8, 4) is 0 Å². The third-order valence-corrected chi connectivity index (χ3v) is 3.33. The highest BCUT2D eigenvalue weighted by Gasteiger charge is 2.18. The summed E-state index contributed by atoms with van der Waals surface area (Å²) >= 11 is 0. The number of anilines is 1. The van der Waals surface area contributed by atoms with Gasteiger partial charge in [-0.05, 0) is 18.9 Å². The summed E-state index contributed by atoms with van der Waals surface area (Å²) in [4.78, 5) is 6.83. The predicted molar refractivity (Wildman–Crippen MR) is 73.8 cm³/mol. The van der Waals surface area contributed by atoms with E-state index in [1.165, 1.54) is 0 Å². The van der Waals surface area contributed by atoms with Crippen LogP contribution >= 0.6 is 0 Å². The molecule has 5 nitrogen and oxygen atoms in total. The molecule has 0 aliphatic heterocycles. The number of fused-ring (bicyclic) bond motifs is 1. The van der Waals surface area contributed by atoms with Crippen LogP contribution in [0.4, 0.5) is 5.82 Å². The molecule has 0 amide bonds. The van der Waals surface area contributed by atoms with Crippen LogP contribution in [-0.2, 0) is 0 Å². The molecule has 0 unspecified atom stereocenters. The van der Waals surface area contributed by atoms with Crippen molar-refractivity contribution in [1.82, 2.24) is 14.6 Å². The second-order valence-electron chi connectivity index (χ2n) is 4.36. The Bertz CT molecular complexity index is 489. The van der Waals surface area contributed by atoms with Gasteiger partial charge >= 0.3 is 0 Å². The fourth-order valence-electron chi connectivity index (χ4n) is 2.39. The molecule has 0 fully saturated rings. The van der Waals surface area contributed by atoms with Gasteiger partial charge in [0.2, 0.25) is 0 Å². The quantitative estimate of drug-likeness (QED) is 0.843. The van der Waals surface area contributed by atoms with Gasteiger partial charge < -0.3 is 10.6 Å². The van der Waals surface area contributed by atoms with Crippen LogP contribution in [0.15, 0.2) is 24.7 Å². The average molecular weight is 247 g/mol. The molecular weight excluding hydrogens is 226 g/mol. The van der Waals surface area contributed by atoms with E-state index in [0.717, 1.165) is 30.7 Å².